The summed E-state index contributed by atoms with van der Waals surface area (Å²) in [5.74, 6) is 0.137. The summed E-state index contributed by atoms with van der Waals surface area (Å²) in [6.45, 7) is 6.12. The lowest BCUT2D eigenvalue weighted by Crippen LogP contribution is -2.42. The number of nitrogens with zero attached hydrogens (tertiary/aromatic N) is 1. The highest BCUT2D eigenvalue weighted by atomic mass is 79.9. The molecule has 0 atom stereocenters. The van der Waals surface area contributed by atoms with Crippen LogP contribution in [-0.4, -0.2) is 29.0 Å². The highest BCUT2D eigenvalue weighted by Crippen LogP contribution is 2.38. The fourth-order valence-corrected chi connectivity index (χ4v) is 3.22. The molecule has 1 aromatic rings. The smallest absolute Gasteiger partial charge is 0.253 e. The zero-order valence-electron chi connectivity index (χ0n) is 12.2. The van der Waals surface area contributed by atoms with Crippen molar-refractivity contribution in [2.75, 3.05) is 13.1 Å². The van der Waals surface area contributed by atoms with E-state index in [0.29, 0.717) is 15.5 Å². The molecule has 1 N–H and O–H groups in total. The van der Waals surface area contributed by atoms with Gasteiger partial charge in [-0.25, -0.2) is 0 Å². The van der Waals surface area contributed by atoms with Crippen molar-refractivity contribution in [2.45, 2.75) is 39.5 Å². The average Bonchev–Trinajstić information content (AvgIpc) is 2.49. The molecule has 1 heterocycles. The number of likely N-dealkylation sites (tertiary alicyclic amines) is 1. The van der Waals surface area contributed by atoms with Gasteiger partial charge in [-0.3, -0.25) is 4.79 Å². The van der Waals surface area contributed by atoms with E-state index < -0.39 is 0 Å². The topological polar surface area (TPSA) is 40.5 Å². The number of carbonyl (C=O) groups is 1. The number of halogens is 1. The Kier molecular flexibility index (Phi) is 4.74. The number of phenols is 1. The third-order valence-corrected chi connectivity index (χ3v) is 5.47. The van der Waals surface area contributed by atoms with Crippen molar-refractivity contribution >= 4 is 21.8 Å². The maximum atomic E-state index is 12.5. The minimum Gasteiger partial charge on any atom is -0.507 e. The molecule has 3 nitrogen and oxygen atoms in total. The standard InChI is InChI=1S/C16H22BrNO2/c1-3-16(4-2)7-9-18(10-8-16)15(20)12-5-6-13(17)14(19)11-12/h5-6,11,19H,3-4,7-10H2,1-2H3. The molecule has 4 heteroatoms. The van der Waals surface area contributed by atoms with E-state index in [0.717, 1.165) is 25.9 Å². The van der Waals surface area contributed by atoms with Crippen LogP contribution in [0.15, 0.2) is 22.7 Å². The number of carbonyl (C=O) groups excluding carboxylic acids is 1. The van der Waals surface area contributed by atoms with Crippen LogP contribution in [0.4, 0.5) is 0 Å². The van der Waals surface area contributed by atoms with E-state index in [-0.39, 0.29) is 11.7 Å². The highest BCUT2D eigenvalue weighted by molar-refractivity contribution is 9.10. The molecule has 1 aliphatic heterocycles. The monoisotopic (exact) mass is 339 g/mol. The van der Waals surface area contributed by atoms with Crippen LogP contribution in [0.3, 0.4) is 0 Å². The maximum absolute atomic E-state index is 12.5. The lowest BCUT2D eigenvalue weighted by atomic mass is 9.74. The van der Waals surface area contributed by atoms with Crippen LogP contribution >= 0.6 is 15.9 Å². The Labute approximate surface area is 129 Å². The molecule has 1 fully saturated rings. The number of hydrogen-bond acceptors (Lipinski definition) is 2. The fraction of sp³-hybridized carbons (Fsp3) is 0.562. The van der Waals surface area contributed by atoms with Crippen molar-refractivity contribution in [3.8, 4) is 5.75 Å². The quantitative estimate of drug-likeness (QED) is 0.896. The van der Waals surface area contributed by atoms with Crippen LogP contribution in [0.1, 0.15) is 49.9 Å². The number of hydrogen-bond donors (Lipinski definition) is 1. The van der Waals surface area contributed by atoms with Gasteiger partial charge < -0.3 is 10.0 Å². The summed E-state index contributed by atoms with van der Waals surface area (Å²) >= 11 is 3.23. The number of piperidine rings is 1. The van der Waals surface area contributed by atoms with Crippen molar-refractivity contribution in [1.82, 2.24) is 4.90 Å². The molecule has 1 amide bonds. The van der Waals surface area contributed by atoms with E-state index >= 15 is 0 Å². The Hall–Kier alpha value is -1.03. The Morgan fingerprint density at radius 3 is 2.40 bits per heavy atom. The van der Waals surface area contributed by atoms with Crippen LogP contribution in [0.5, 0.6) is 5.75 Å². The van der Waals surface area contributed by atoms with E-state index in [9.17, 15) is 9.90 Å². The van der Waals surface area contributed by atoms with Crippen LogP contribution in [-0.2, 0) is 0 Å². The summed E-state index contributed by atoms with van der Waals surface area (Å²) in [5, 5.41) is 9.69. The van der Waals surface area contributed by atoms with Crippen molar-refractivity contribution < 1.29 is 9.90 Å². The van der Waals surface area contributed by atoms with Gasteiger partial charge in [-0.1, -0.05) is 26.7 Å². The Bertz CT molecular complexity index is 487. The van der Waals surface area contributed by atoms with Gasteiger partial charge in [-0.05, 0) is 52.4 Å². The number of aromatic hydroxyl groups is 1. The first kappa shape index (κ1) is 15.4. The molecule has 0 aromatic heterocycles. The predicted octanol–water partition coefficient (Wildman–Crippen LogP) is 4.20. The van der Waals surface area contributed by atoms with E-state index in [1.165, 1.54) is 18.9 Å². The highest BCUT2D eigenvalue weighted by Gasteiger charge is 2.33. The molecular formula is C16H22BrNO2. The fourth-order valence-electron chi connectivity index (χ4n) is 2.97. The van der Waals surface area contributed by atoms with E-state index in [1.807, 2.05) is 4.90 Å². The third kappa shape index (κ3) is 3.00. The summed E-state index contributed by atoms with van der Waals surface area (Å²) in [6, 6.07) is 5.01. The van der Waals surface area contributed by atoms with Gasteiger partial charge in [0.1, 0.15) is 5.75 Å². The number of phenolic OH excluding ortho intramolecular Hbond substituents is 1. The second-order valence-corrected chi connectivity index (χ2v) is 6.52. The van der Waals surface area contributed by atoms with Crippen LogP contribution in [0.2, 0.25) is 0 Å². The lowest BCUT2D eigenvalue weighted by Gasteiger charge is -2.41. The van der Waals surface area contributed by atoms with Crippen LogP contribution in [0, 0.1) is 5.41 Å². The van der Waals surface area contributed by atoms with E-state index in [2.05, 4.69) is 29.8 Å². The second kappa shape index (κ2) is 6.17. The SMILES string of the molecule is CCC1(CC)CCN(C(=O)c2ccc(Br)c(O)c2)CC1. The molecule has 2 rings (SSSR count). The molecule has 0 unspecified atom stereocenters. The summed E-state index contributed by atoms with van der Waals surface area (Å²) in [7, 11) is 0. The first-order valence-corrected chi connectivity index (χ1v) is 8.08. The molecule has 1 saturated heterocycles. The number of amides is 1. The Balaban J connectivity index is 2.06. The molecule has 1 aliphatic rings. The first-order valence-electron chi connectivity index (χ1n) is 7.29. The third-order valence-electron chi connectivity index (χ3n) is 4.80. The molecule has 0 bridgehead atoms. The van der Waals surface area contributed by atoms with Gasteiger partial charge in [-0.15, -0.1) is 0 Å². The normalized spacial score (nSPS) is 18.1. The summed E-state index contributed by atoms with van der Waals surface area (Å²) in [6.07, 6.45) is 4.53. The molecular weight excluding hydrogens is 318 g/mol. The molecule has 0 radical (unpaired) electrons. The second-order valence-electron chi connectivity index (χ2n) is 5.67. The minimum atomic E-state index is 0.0219. The molecule has 0 saturated carbocycles. The zero-order valence-corrected chi connectivity index (χ0v) is 13.7. The van der Waals surface area contributed by atoms with Crippen molar-refractivity contribution in [1.29, 1.82) is 0 Å². The predicted molar refractivity (Wildman–Crippen MR) is 84.0 cm³/mol. The van der Waals surface area contributed by atoms with Crippen LogP contribution < -0.4 is 0 Å². The maximum Gasteiger partial charge on any atom is 0.253 e. The van der Waals surface area contributed by atoms with Gasteiger partial charge in [0.2, 0.25) is 0 Å². The Morgan fingerprint density at radius 2 is 1.90 bits per heavy atom. The van der Waals surface area contributed by atoms with Crippen molar-refractivity contribution in [3.05, 3.63) is 28.2 Å². The van der Waals surface area contributed by atoms with Gasteiger partial charge in [0.25, 0.3) is 5.91 Å². The van der Waals surface area contributed by atoms with Gasteiger partial charge >= 0.3 is 0 Å². The van der Waals surface area contributed by atoms with Gasteiger partial charge in [0.15, 0.2) is 0 Å². The summed E-state index contributed by atoms with van der Waals surface area (Å²) in [5.41, 5.74) is 0.977. The molecule has 1 aromatic carbocycles. The van der Waals surface area contributed by atoms with Gasteiger partial charge in [0.05, 0.1) is 4.47 Å². The number of rotatable bonds is 3. The van der Waals surface area contributed by atoms with E-state index in [4.69, 9.17) is 0 Å². The van der Waals surface area contributed by atoms with Crippen LogP contribution in [0.25, 0.3) is 0 Å². The largest absolute Gasteiger partial charge is 0.507 e. The average molecular weight is 340 g/mol. The zero-order chi connectivity index (χ0) is 14.8. The molecule has 110 valence electrons. The summed E-state index contributed by atoms with van der Waals surface area (Å²) < 4.78 is 0.615. The molecule has 0 aliphatic carbocycles. The van der Waals surface area contributed by atoms with Gasteiger partial charge in [0, 0.05) is 18.7 Å². The first-order chi connectivity index (χ1) is 9.51. The molecule has 20 heavy (non-hydrogen) atoms. The molecule has 0 spiro atoms. The number of benzene rings is 1. The van der Waals surface area contributed by atoms with E-state index in [1.54, 1.807) is 12.1 Å². The summed E-state index contributed by atoms with van der Waals surface area (Å²) in [4.78, 5) is 14.4. The van der Waals surface area contributed by atoms with Crippen molar-refractivity contribution in [2.24, 2.45) is 5.41 Å². The minimum absolute atomic E-state index is 0.0219. The van der Waals surface area contributed by atoms with Crippen molar-refractivity contribution in [3.63, 3.8) is 0 Å². The van der Waals surface area contributed by atoms with Gasteiger partial charge in [-0.2, -0.15) is 0 Å². The Morgan fingerprint density at radius 1 is 1.30 bits per heavy atom. The lowest BCUT2D eigenvalue weighted by molar-refractivity contribution is 0.0557.